The second kappa shape index (κ2) is 11.8. The van der Waals surface area contributed by atoms with E-state index in [4.69, 9.17) is 21.1 Å². The molecular weight excluding hydrogens is 428 g/mol. The number of benzene rings is 2. The third-order valence-corrected chi connectivity index (χ3v) is 5.88. The summed E-state index contributed by atoms with van der Waals surface area (Å²) in [5.74, 6) is 0.841. The normalized spacial score (nSPS) is 15.8. The molecule has 1 N–H and O–H groups in total. The lowest BCUT2D eigenvalue weighted by Gasteiger charge is -2.32. The van der Waals surface area contributed by atoms with Crippen LogP contribution in [0, 0.1) is 5.92 Å². The Morgan fingerprint density at radius 3 is 2.66 bits per heavy atom. The molecule has 32 heavy (non-hydrogen) atoms. The van der Waals surface area contributed by atoms with Crippen LogP contribution in [0.4, 0.5) is 0 Å². The van der Waals surface area contributed by atoms with Crippen molar-refractivity contribution in [2.75, 3.05) is 26.7 Å². The van der Waals surface area contributed by atoms with Gasteiger partial charge in [0.25, 0.3) is 5.91 Å². The number of halogens is 1. The van der Waals surface area contributed by atoms with Gasteiger partial charge in [-0.05, 0) is 55.2 Å². The van der Waals surface area contributed by atoms with E-state index in [-0.39, 0.29) is 17.7 Å². The van der Waals surface area contributed by atoms with Crippen LogP contribution < -0.4 is 14.8 Å². The molecule has 1 heterocycles. The first-order chi connectivity index (χ1) is 15.5. The highest BCUT2D eigenvalue weighted by Crippen LogP contribution is 2.30. The number of hydrogen-bond acceptors (Lipinski definition) is 4. The van der Waals surface area contributed by atoms with Crippen LogP contribution in [0.15, 0.2) is 42.5 Å². The lowest BCUT2D eigenvalue weighted by Crippen LogP contribution is -2.45. The van der Waals surface area contributed by atoms with Crippen molar-refractivity contribution in [3.8, 4) is 11.5 Å². The molecule has 0 spiro atoms. The molecule has 0 bridgehead atoms. The van der Waals surface area contributed by atoms with Crippen LogP contribution >= 0.6 is 11.6 Å². The van der Waals surface area contributed by atoms with Crippen molar-refractivity contribution in [1.29, 1.82) is 0 Å². The van der Waals surface area contributed by atoms with Gasteiger partial charge in [0.05, 0.1) is 13.0 Å². The van der Waals surface area contributed by atoms with Crippen LogP contribution in [-0.2, 0) is 11.4 Å². The summed E-state index contributed by atoms with van der Waals surface area (Å²) in [6, 6.07) is 12.6. The summed E-state index contributed by atoms with van der Waals surface area (Å²) < 4.78 is 11.3. The molecule has 0 aromatic heterocycles. The fourth-order valence-corrected chi connectivity index (χ4v) is 3.88. The topological polar surface area (TPSA) is 67.9 Å². The Morgan fingerprint density at radius 1 is 1.16 bits per heavy atom. The molecule has 2 aromatic carbocycles. The Balaban J connectivity index is 1.63. The van der Waals surface area contributed by atoms with Gasteiger partial charge in [-0.25, -0.2) is 0 Å². The monoisotopic (exact) mass is 458 g/mol. The van der Waals surface area contributed by atoms with Crippen molar-refractivity contribution >= 4 is 23.4 Å². The highest BCUT2D eigenvalue weighted by molar-refractivity contribution is 6.30. The van der Waals surface area contributed by atoms with E-state index in [1.54, 1.807) is 30.2 Å². The number of rotatable bonds is 9. The zero-order valence-corrected chi connectivity index (χ0v) is 19.5. The summed E-state index contributed by atoms with van der Waals surface area (Å²) in [6.45, 7) is 4.23. The summed E-state index contributed by atoms with van der Waals surface area (Å²) in [4.78, 5) is 27.3. The molecule has 1 aliphatic heterocycles. The van der Waals surface area contributed by atoms with Crippen molar-refractivity contribution < 1.29 is 19.1 Å². The van der Waals surface area contributed by atoms with Crippen LogP contribution in [0.3, 0.4) is 0 Å². The molecule has 2 aromatic rings. The number of hydrogen-bond donors (Lipinski definition) is 1. The summed E-state index contributed by atoms with van der Waals surface area (Å²) >= 11 is 5.92. The molecule has 1 unspecified atom stereocenters. The first-order valence-electron chi connectivity index (χ1n) is 11.1. The number of nitrogens with zero attached hydrogens (tertiary/aromatic N) is 1. The van der Waals surface area contributed by atoms with Crippen molar-refractivity contribution in [3.05, 3.63) is 58.6 Å². The average molecular weight is 459 g/mol. The summed E-state index contributed by atoms with van der Waals surface area (Å²) in [5.41, 5.74) is 1.50. The predicted octanol–water partition coefficient (Wildman–Crippen LogP) is 4.70. The number of amides is 2. The quantitative estimate of drug-likeness (QED) is 0.553. The minimum Gasteiger partial charge on any atom is -0.493 e. The van der Waals surface area contributed by atoms with Crippen molar-refractivity contribution in [2.24, 2.45) is 5.92 Å². The van der Waals surface area contributed by atoms with E-state index in [0.717, 1.165) is 31.2 Å². The maximum absolute atomic E-state index is 13.1. The van der Waals surface area contributed by atoms with E-state index < -0.39 is 0 Å². The van der Waals surface area contributed by atoms with Gasteiger partial charge in [0, 0.05) is 30.2 Å². The molecule has 0 radical (unpaired) electrons. The SMILES string of the molecule is CCCCNC(=O)C1CCCN(C(=O)c2ccc(OCc3ccc(Cl)cc3)c(OC)c2)C1. The third kappa shape index (κ3) is 6.39. The molecule has 2 amide bonds. The van der Waals surface area contributed by atoms with Crippen LogP contribution in [-0.4, -0.2) is 43.5 Å². The van der Waals surface area contributed by atoms with E-state index in [1.165, 1.54) is 0 Å². The standard InChI is InChI=1S/C25H31ClN2O4/c1-3-4-13-27-24(29)20-6-5-14-28(16-20)25(30)19-9-12-22(23(15-19)31-2)32-17-18-7-10-21(26)11-8-18/h7-12,15,20H,3-6,13-14,16-17H2,1-2H3,(H,27,29). The Morgan fingerprint density at radius 2 is 1.94 bits per heavy atom. The number of carbonyl (C=O) groups is 2. The summed E-state index contributed by atoms with van der Waals surface area (Å²) in [5, 5.41) is 3.66. The van der Waals surface area contributed by atoms with Crippen LogP contribution in [0.25, 0.3) is 0 Å². The molecule has 172 valence electrons. The van der Waals surface area contributed by atoms with Crippen molar-refractivity contribution in [1.82, 2.24) is 10.2 Å². The molecular formula is C25H31ClN2O4. The number of methoxy groups -OCH3 is 1. The van der Waals surface area contributed by atoms with Crippen LogP contribution in [0.1, 0.15) is 48.5 Å². The van der Waals surface area contributed by atoms with E-state index in [2.05, 4.69) is 12.2 Å². The van der Waals surface area contributed by atoms with Gasteiger partial charge in [-0.1, -0.05) is 37.1 Å². The maximum Gasteiger partial charge on any atom is 0.254 e. The first-order valence-corrected chi connectivity index (χ1v) is 11.5. The fourth-order valence-electron chi connectivity index (χ4n) is 3.75. The van der Waals surface area contributed by atoms with Crippen molar-refractivity contribution in [2.45, 2.75) is 39.2 Å². The Labute approximate surface area is 194 Å². The number of carbonyl (C=O) groups excluding carboxylic acids is 2. The second-order valence-corrected chi connectivity index (χ2v) is 8.45. The number of likely N-dealkylation sites (tertiary alicyclic amines) is 1. The number of piperidine rings is 1. The smallest absolute Gasteiger partial charge is 0.254 e. The van der Waals surface area contributed by atoms with Gasteiger partial charge in [0.15, 0.2) is 11.5 Å². The van der Waals surface area contributed by atoms with Gasteiger partial charge in [-0.3, -0.25) is 9.59 Å². The molecule has 6 nitrogen and oxygen atoms in total. The van der Waals surface area contributed by atoms with Gasteiger partial charge in [0.2, 0.25) is 5.91 Å². The van der Waals surface area contributed by atoms with Crippen LogP contribution in [0.5, 0.6) is 11.5 Å². The minimum atomic E-state index is -0.159. The van der Waals surface area contributed by atoms with Gasteiger partial charge >= 0.3 is 0 Å². The van der Waals surface area contributed by atoms with Gasteiger partial charge in [-0.15, -0.1) is 0 Å². The summed E-state index contributed by atoms with van der Waals surface area (Å²) in [7, 11) is 1.55. The van der Waals surface area contributed by atoms with Crippen LogP contribution in [0.2, 0.25) is 5.02 Å². The lowest BCUT2D eigenvalue weighted by molar-refractivity contribution is -0.126. The van der Waals surface area contributed by atoms with E-state index in [9.17, 15) is 9.59 Å². The zero-order chi connectivity index (χ0) is 22.9. The van der Waals surface area contributed by atoms with Gasteiger partial charge in [0.1, 0.15) is 6.61 Å². The fraction of sp³-hybridized carbons (Fsp3) is 0.440. The molecule has 1 saturated heterocycles. The molecule has 7 heteroatoms. The number of unbranched alkanes of at least 4 members (excludes halogenated alkanes) is 1. The van der Waals surface area contributed by atoms with Gasteiger partial charge in [-0.2, -0.15) is 0 Å². The Hall–Kier alpha value is -2.73. The van der Waals surface area contributed by atoms with E-state index in [0.29, 0.717) is 48.3 Å². The number of ether oxygens (including phenoxy) is 2. The van der Waals surface area contributed by atoms with Gasteiger partial charge < -0.3 is 19.7 Å². The molecule has 0 saturated carbocycles. The van der Waals surface area contributed by atoms with E-state index in [1.807, 2.05) is 24.3 Å². The summed E-state index contributed by atoms with van der Waals surface area (Å²) in [6.07, 6.45) is 3.63. The second-order valence-electron chi connectivity index (χ2n) is 8.02. The predicted molar refractivity (Wildman–Crippen MR) is 125 cm³/mol. The largest absolute Gasteiger partial charge is 0.493 e. The highest BCUT2D eigenvalue weighted by Gasteiger charge is 2.29. The minimum absolute atomic E-state index is 0.0412. The molecule has 1 atom stereocenters. The average Bonchev–Trinajstić information content (AvgIpc) is 2.83. The first kappa shape index (κ1) is 23.9. The third-order valence-electron chi connectivity index (χ3n) is 5.63. The lowest BCUT2D eigenvalue weighted by atomic mass is 9.96. The van der Waals surface area contributed by atoms with E-state index >= 15 is 0 Å². The molecule has 1 fully saturated rings. The van der Waals surface area contributed by atoms with Crippen molar-refractivity contribution in [3.63, 3.8) is 0 Å². The number of nitrogens with one attached hydrogen (secondary N) is 1. The zero-order valence-electron chi connectivity index (χ0n) is 18.7. The molecule has 0 aliphatic carbocycles. The Bertz CT molecular complexity index is 917. The Kier molecular flexibility index (Phi) is 8.80. The maximum atomic E-state index is 13.1. The molecule has 1 aliphatic rings. The molecule has 3 rings (SSSR count). The highest BCUT2D eigenvalue weighted by atomic mass is 35.5.